The van der Waals surface area contributed by atoms with Crippen LogP contribution in [0.25, 0.3) is 22.1 Å². The summed E-state index contributed by atoms with van der Waals surface area (Å²) in [5.74, 6) is 0.317. The molecule has 0 amide bonds. The van der Waals surface area contributed by atoms with Gasteiger partial charge in [-0.25, -0.2) is 0 Å². The lowest BCUT2D eigenvalue weighted by atomic mass is 10.1. The van der Waals surface area contributed by atoms with Crippen molar-refractivity contribution in [3.8, 4) is 22.6 Å². The van der Waals surface area contributed by atoms with Crippen molar-refractivity contribution in [3.63, 3.8) is 0 Å². The fourth-order valence-electron chi connectivity index (χ4n) is 5.60. The molecule has 0 N–H and O–H groups in total. The van der Waals surface area contributed by atoms with Gasteiger partial charge >= 0.3 is 11.9 Å². The Morgan fingerprint density at radius 2 is 1.02 bits per heavy atom. The number of esters is 2. The normalized spacial score (nSPS) is 11.2. The van der Waals surface area contributed by atoms with Gasteiger partial charge in [0.15, 0.2) is 5.43 Å². The van der Waals surface area contributed by atoms with Crippen LogP contribution in [0.2, 0.25) is 0 Å². The first-order valence-corrected chi connectivity index (χ1v) is 17.6. The predicted molar refractivity (Wildman–Crippen MR) is 183 cm³/mol. The van der Waals surface area contributed by atoms with Gasteiger partial charge in [0, 0.05) is 18.9 Å². The molecule has 0 saturated heterocycles. The van der Waals surface area contributed by atoms with E-state index in [0.29, 0.717) is 46.4 Å². The molecule has 3 rings (SSSR count). The first-order chi connectivity index (χ1) is 22.0. The number of hydrogen-bond acceptors (Lipinski definition) is 6. The van der Waals surface area contributed by atoms with Crippen LogP contribution in [-0.2, 0) is 9.59 Å². The van der Waals surface area contributed by atoms with Crippen LogP contribution in [-0.4, -0.2) is 11.9 Å². The Kier molecular flexibility index (Phi) is 17.1. The van der Waals surface area contributed by atoms with Crippen LogP contribution < -0.4 is 14.9 Å². The molecule has 0 aliphatic carbocycles. The molecule has 1 aromatic heterocycles. The first-order valence-electron chi connectivity index (χ1n) is 17.6. The van der Waals surface area contributed by atoms with Crippen molar-refractivity contribution in [2.75, 3.05) is 0 Å². The summed E-state index contributed by atoms with van der Waals surface area (Å²) < 4.78 is 16.8. The third kappa shape index (κ3) is 13.6. The van der Waals surface area contributed by atoms with Gasteiger partial charge in [0.05, 0.1) is 10.9 Å². The molecule has 0 atom stereocenters. The summed E-state index contributed by atoms with van der Waals surface area (Å²) in [5, 5.41) is 0.405. The van der Waals surface area contributed by atoms with Crippen molar-refractivity contribution in [3.05, 3.63) is 59.0 Å². The quantitative estimate of drug-likeness (QED) is 0.0597. The van der Waals surface area contributed by atoms with Crippen molar-refractivity contribution in [1.82, 2.24) is 0 Å². The van der Waals surface area contributed by atoms with Crippen molar-refractivity contribution in [1.29, 1.82) is 0 Å². The minimum absolute atomic E-state index is 0.182. The molecule has 0 unspecified atom stereocenters. The number of hydrogen-bond donors (Lipinski definition) is 0. The van der Waals surface area contributed by atoms with E-state index in [2.05, 4.69) is 13.8 Å². The van der Waals surface area contributed by atoms with Gasteiger partial charge in [-0.15, -0.1) is 0 Å². The Labute approximate surface area is 269 Å². The lowest BCUT2D eigenvalue weighted by Gasteiger charge is -2.08. The van der Waals surface area contributed by atoms with E-state index in [9.17, 15) is 14.4 Å². The molecule has 6 heteroatoms. The summed E-state index contributed by atoms with van der Waals surface area (Å²) in [6.45, 7) is 4.46. The van der Waals surface area contributed by atoms with Gasteiger partial charge in [-0.1, -0.05) is 129 Å². The number of carbonyl (C=O) groups is 2. The molecule has 0 saturated carbocycles. The highest BCUT2D eigenvalue weighted by atomic mass is 16.5. The van der Waals surface area contributed by atoms with Crippen LogP contribution in [0.5, 0.6) is 11.5 Å². The largest absolute Gasteiger partial charge is 0.463 e. The Balaban J connectivity index is 1.41. The molecule has 1 heterocycles. The van der Waals surface area contributed by atoms with Crippen LogP contribution in [0.1, 0.15) is 142 Å². The highest BCUT2D eigenvalue weighted by molar-refractivity contribution is 5.83. The smallest absolute Gasteiger partial charge is 0.311 e. The van der Waals surface area contributed by atoms with Crippen LogP contribution in [0, 0.1) is 0 Å². The van der Waals surface area contributed by atoms with Gasteiger partial charge in [0.25, 0.3) is 0 Å². The molecule has 0 spiro atoms. The lowest BCUT2D eigenvalue weighted by Crippen LogP contribution is -2.09. The average Bonchev–Trinajstić information content (AvgIpc) is 3.04. The Bertz CT molecular complexity index is 1340. The van der Waals surface area contributed by atoms with Crippen LogP contribution >= 0.6 is 0 Å². The molecule has 0 radical (unpaired) electrons. The summed E-state index contributed by atoms with van der Waals surface area (Å²) in [7, 11) is 0. The van der Waals surface area contributed by atoms with Gasteiger partial charge in [-0.05, 0) is 42.7 Å². The minimum Gasteiger partial charge on any atom is -0.463 e. The first kappa shape index (κ1) is 36.1. The Morgan fingerprint density at radius 1 is 0.578 bits per heavy atom. The minimum atomic E-state index is -0.273. The summed E-state index contributed by atoms with van der Waals surface area (Å²) in [6, 6.07) is 11.8. The van der Waals surface area contributed by atoms with Crippen LogP contribution in [0.15, 0.2) is 57.9 Å². The zero-order valence-corrected chi connectivity index (χ0v) is 27.7. The fraction of sp³-hybridized carbons (Fsp3) is 0.564. The number of fused-ring (bicyclic) bond motifs is 1. The van der Waals surface area contributed by atoms with Crippen LogP contribution in [0.4, 0.5) is 0 Å². The zero-order chi connectivity index (χ0) is 32.1. The molecular weight excluding hydrogens is 564 g/mol. The molecule has 0 aliphatic rings. The zero-order valence-electron chi connectivity index (χ0n) is 27.7. The maximum absolute atomic E-state index is 13.2. The van der Waals surface area contributed by atoms with E-state index in [1.54, 1.807) is 42.5 Å². The molecule has 0 fully saturated rings. The number of ether oxygens (including phenoxy) is 2. The lowest BCUT2D eigenvalue weighted by molar-refractivity contribution is -0.135. The second-order valence-electron chi connectivity index (χ2n) is 12.3. The second kappa shape index (κ2) is 21.3. The molecule has 246 valence electrons. The maximum atomic E-state index is 13.2. The summed E-state index contributed by atoms with van der Waals surface area (Å²) >= 11 is 0. The number of carbonyl (C=O) groups excluding carboxylic acids is 2. The van der Waals surface area contributed by atoms with E-state index in [-0.39, 0.29) is 17.4 Å². The van der Waals surface area contributed by atoms with E-state index < -0.39 is 0 Å². The summed E-state index contributed by atoms with van der Waals surface area (Å²) in [6.07, 6.45) is 23.7. The molecule has 2 aromatic carbocycles. The molecule has 6 nitrogen and oxygen atoms in total. The average molecular weight is 619 g/mol. The molecule has 0 bridgehead atoms. The van der Waals surface area contributed by atoms with Gasteiger partial charge in [-0.3, -0.25) is 14.4 Å². The predicted octanol–water partition coefficient (Wildman–Crippen LogP) is 11.1. The summed E-state index contributed by atoms with van der Waals surface area (Å²) in [4.78, 5) is 37.8. The maximum Gasteiger partial charge on any atom is 0.311 e. The number of unbranched alkanes of at least 4 members (excludes halogenated alkanes) is 16. The van der Waals surface area contributed by atoms with E-state index >= 15 is 0 Å². The van der Waals surface area contributed by atoms with Gasteiger partial charge in [0.1, 0.15) is 23.3 Å². The Morgan fingerprint density at radius 3 is 1.53 bits per heavy atom. The number of rotatable bonds is 23. The Hall–Kier alpha value is -3.41. The topological polar surface area (TPSA) is 82.8 Å². The van der Waals surface area contributed by atoms with Crippen molar-refractivity contribution in [2.24, 2.45) is 0 Å². The number of benzene rings is 2. The molecule has 3 aromatic rings. The highest BCUT2D eigenvalue weighted by Crippen LogP contribution is 2.25. The molecule has 0 aliphatic heterocycles. The van der Waals surface area contributed by atoms with Crippen LogP contribution in [0.3, 0.4) is 0 Å². The van der Waals surface area contributed by atoms with E-state index in [1.165, 1.54) is 83.3 Å². The van der Waals surface area contributed by atoms with E-state index in [1.807, 2.05) is 0 Å². The monoisotopic (exact) mass is 618 g/mol. The van der Waals surface area contributed by atoms with E-state index in [0.717, 1.165) is 38.5 Å². The summed E-state index contributed by atoms with van der Waals surface area (Å²) in [5.41, 5.74) is 1.25. The van der Waals surface area contributed by atoms with Crippen molar-refractivity contribution >= 4 is 22.9 Å². The van der Waals surface area contributed by atoms with E-state index in [4.69, 9.17) is 13.9 Å². The fourth-order valence-corrected chi connectivity index (χ4v) is 5.60. The third-order valence-corrected chi connectivity index (χ3v) is 8.34. The van der Waals surface area contributed by atoms with Crippen molar-refractivity contribution in [2.45, 2.75) is 142 Å². The standard InChI is InChI=1S/C39H54O6/c1-3-5-7-9-11-13-15-17-19-21-37(40)44-32-25-23-31(24-26-32)35-30-43-36-29-33(27-28-34(36)39(35)42)45-38(41)22-20-18-16-14-12-10-8-6-4-2/h23-30H,3-22H2,1-2H3. The van der Waals surface area contributed by atoms with Gasteiger partial charge in [0.2, 0.25) is 0 Å². The van der Waals surface area contributed by atoms with Gasteiger partial charge < -0.3 is 13.9 Å². The second-order valence-corrected chi connectivity index (χ2v) is 12.3. The third-order valence-electron chi connectivity index (χ3n) is 8.34. The highest BCUT2D eigenvalue weighted by Gasteiger charge is 2.13. The molecule has 45 heavy (non-hydrogen) atoms. The molecular formula is C39H54O6. The van der Waals surface area contributed by atoms with Gasteiger partial charge in [-0.2, -0.15) is 0 Å². The van der Waals surface area contributed by atoms with Crippen molar-refractivity contribution < 1.29 is 23.5 Å². The SMILES string of the molecule is CCCCCCCCCCCC(=O)Oc1ccc(-c2coc3cc(OC(=O)CCCCCCCCCCC)ccc3c2=O)cc1.